The van der Waals surface area contributed by atoms with E-state index in [0.717, 1.165) is 44.2 Å². The molecule has 0 aromatic heterocycles. The van der Waals surface area contributed by atoms with E-state index in [4.69, 9.17) is 9.47 Å². The van der Waals surface area contributed by atoms with Crippen LogP contribution in [-0.4, -0.2) is 44.9 Å². The van der Waals surface area contributed by atoms with Crippen molar-refractivity contribution < 1.29 is 9.47 Å². The molecule has 22 heavy (non-hydrogen) atoms. The summed E-state index contributed by atoms with van der Waals surface area (Å²) >= 11 is 0. The molecular formula is C17H25N3O2. The maximum Gasteiger partial charge on any atom is 0.191 e. The molecule has 2 aliphatic heterocycles. The van der Waals surface area contributed by atoms with Crippen molar-refractivity contribution in [3.8, 4) is 5.75 Å². The topological polar surface area (TPSA) is 54.9 Å². The number of nitrogens with zero attached hydrogens (tertiary/aromatic N) is 1. The van der Waals surface area contributed by atoms with E-state index >= 15 is 0 Å². The SMILES string of the molecule is CN=C(NCCC1CCCO1)NCC1Cc2ccccc2O1. The zero-order valence-electron chi connectivity index (χ0n) is 13.2. The molecule has 0 radical (unpaired) electrons. The molecule has 2 atom stereocenters. The highest BCUT2D eigenvalue weighted by atomic mass is 16.5. The lowest BCUT2D eigenvalue weighted by Gasteiger charge is -2.16. The first kappa shape index (κ1) is 15.2. The number of rotatable bonds is 5. The molecule has 120 valence electrons. The number of fused-ring (bicyclic) bond motifs is 1. The second-order valence-electron chi connectivity index (χ2n) is 5.86. The van der Waals surface area contributed by atoms with Gasteiger partial charge in [-0.05, 0) is 30.9 Å². The molecule has 1 fully saturated rings. The number of hydrogen-bond donors (Lipinski definition) is 2. The lowest BCUT2D eigenvalue weighted by molar-refractivity contribution is 0.105. The van der Waals surface area contributed by atoms with Gasteiger partial charge in [-0.2, -0.15) is 0 Å². The summed E-state index contributed by atoms with van der Waals surface area (Å²) in [6.45, 7) is 2.56. The molecule has 3 rings (SSSR count). The van der Waals surface area contributed by atoms with E-state index in [1.54, 1.807) is 7.05 Å². The molecule has 0 amide bonds. The van der Waals surface area contributed by atoms with E-state index in [0.29, 0.717) is 6.10 Å². The molecule has 0 bridgehead atoms. The number of nitrogens with one attached hydrogen (secondary N) is 2. The second kappa shape index (κ2) is 7.49. The van der Waals surface area contributed by atoms with Gasteiger partial charge in [-0.3, -0.25) is 4.99 Å². The van der Waals surface area contributed by atoms with Crippen molar-refractivity contribution in [3.05, 3.63) is 29.8 Å². The predicted octanol–water partition coefficient (Wildman–Crippen LogP) is 1.72. The quantitative estimate of drug-likeness (QED) is 0.642. The molecule has 1 aromatic rings. The third-order valence-corrected chi connectivity index (χ3v) is 4.22. The molecule has 5 nitrogen and oxygen atoms in total. The van der Waals surface area contributed by atoms with Gasteiger partial charge < -0.3 is 20.1 Å². The van der Waals surface area contributed by atoms with Crippen molar-refractivity contribution in [2.24, 2.45) is 4.99 Å². The average molecular weight is 303 g/mol. The van der Waals surface area contributed by atoms with Gasteiger partial charge in [0.1, 0.15) is 11.9 Å². The van der Waals surface area contributed by atoms with E-state index in [-0.39, 0.29) is 6.10 Å². The molecule has 2 heterocycles. The van der Waals surface area contributed by atoms with Crippen LogP contribution in [0.2, 0.25) is 0 Å². The number of ether oxygens (including phenoxy) is 2. The molecular weight excluding hydrogens is 278 g/mol. The van der Waals surface area contributed by atoms with Gasteiger partial charge in [0.15, 0.2) is 5.96 Å². The van der Waals surface area contributed by atoms with Gasteiger partial charge in [-0.1, -0.05) is 18.2 Å². The van der Waals surface area contributed by atoms with Gasteiger partial charge in [-0.25, -0.2) is 0 Å². The summed E-state index contributed by atoms with van der Waals surface area (Å²) in [7, 11) is 1.80. The lowest BCUT2D eigenvalue weighted by atomic mass is 10.1. The van der Waals surface area contributed by atoms with Crippen LogP contribution in [0.15, 0.2) is 29.3 Å². The molecule has 1 aromatic carbocycles. The molecule has 2 unspecified atom stereocenters. The molecule has 2 N–H and O–H groups in total. The van der Waals surface area contributed by atoms with Crippen molar-refractivity contribution in [3.63, 3.8) is 0 Å². The molecule has 0 aliphatic carbocycles. The lowest BCUT2D eigenvalue weighted by Crippen LogP contribution is -2.43. The number of para-hydroxylation sites is 1. The predicted molar refractivity (Wildman–Crippen MR) is 87.5 cm³/mol. The van der Waals surface area contributed by atoms with Crippen molar-refractivity contribution in [2.45, 2.75) is 37.9 Å². The fraction of sp³-hybridized carbons (Fsp3) is 0.588. The standard InChI is InChI=1S/C17H25N3O2/c1-18-17(19-9-8-14-6-4-10-21-14)20-12-15-11-13-5-2-3-7-16(13)22-15/h2-3,5,7,14-15H,4,6,8-12H2,1H3,(H2,18,19,20). The van der Waals surface area contributed by atoms with Crippen LogP contribution in [0.1, 0.15) is 24.8 Å². The zero-order chi connectivity index (χ0) is 15.2. The molecule has 2 aliphatic rings. The minimum Gasteiger partial charge on any atom is -0.488 e. The van der Waals surface area contributed by atoms with E-state index in [9.17, 15) is 0 Å². The summed E-state index contributed by atoms with van der Waals surface area (Å²) < 4.78 is 11.5. The van der Waals surface area contributed by atoms with Crippen LogP contribution in [0.5, 0.6) is 5.75 Å². The maximum atomic E-state index is 5.92. The summed E-state index contributed by atoms with van der Waals surface area (Å²) in [6.07, 6.45) is 4.95. The van der Waals surface area contributed by atoms with Crippen LogP contribution in [-0.2, 0) is 11.2 Å². The Hall–Kier alpha value is -1.75. The number of benzene rings is 1. The Labute approximate surface area is 132 Å². The first-order valence-corrected chi connectivity index (χ1v) is 8.16. The molecule has 5 heteroatoms. The van der Waals surface area contributed by atoms with Gasteiger partial charge >= 0.3 is 0 Å². The highest BCUT2D eigenvalue weighted by Gasteiger charge is 2.22. The van der Waals surface area contributed by atoms with E-state index < -0.39 is 0 Å². The highest BCUT2D eigenvalue weighted by Crippen LogP contribution is 2.27. The second-order valence-corrected chi connectivity index (χ2v) is 5.86. The Balaban J connectivity index is 1.37. The van der Waals surface area contributed by atoms with Gasteiger partial charge in [0.2, 0.25) is 0 Å². The average Bonchev–Trinajstić information content (AvgIpc) is 3.19. The Kier molecular flexibility index (Phi) is 5.16. The summed E-state index contributed by atoms with van der Waals surface area (Å²) in [5.74, 6) is 1.84. The third-order valence-electron chi connectivity index (χ3n) is 4.22. The monoisotopic (exact) mass is 303 g/mol. The molecule has 1 saturated heterocycles. The number of aliphatic imine (C=N–C) groups is 1. The number of guanidine groups is 1. The Morgan fingerprint density at radius 3 is 2.95 bits per heavy atom. The van der Waals surface area contributed by atoms with Crippen molar-refractivity contribution >= 4 is 5.96 Å². The van der Waals surface area contributed by atoms with Gasteiger partial charge in [0.25, 0.3) is 0 Å². The van der Waals surface area contributed by atoms with Crippen molar-refractivity contribution in [2.75, 3.05) is 26.7 Å². The normalized spacial score (nSPS) is 24.0. The summed E-state index contributed by atoms with van der Waals surface area (Å²) in [5.41, 5.74) is 1.29. The highest BCUT2D eigenvalue weighted by molar-refractivity contribution is 5.79. The Morgan fingerprint density at radius 1 is 1.27 bits per heavy atom. The first-order chi connectivity index (χ1) is 10.8. The van der Waals surface area contributed by atoms with Crippen molar-refractivity contribution in [1.82, 2.24) is 10.6 Å². The van der Waals surface area contributed by atoms with Crippen molar-refractivity contribution in [1.29, 1.82) is 0 Å². The fourth-order valence-corrected chi connectivity index (χ4v) is 3.02. The van der Waals surface area contributed by atoms with Crippen LogP contribution < -0.4 is 15.4 Å². The number of hydrogen-bond acceptors (Lipinski definition) is 3. The van der Waals surface area contributed by atoms with Gasteiger partial charge in [0, 0.05) is 26.6 Å². The largest absolute Gasteiger partial charge is 0.488 e. The minimum absolute atomic E-state index is 0.175. The summed E-state index contributed by atoms with van der Waals surface area (Å²) in [6, 6.07) is 8.23. The Bertz CT molecular complexity index is 487. The molecule has 0 spiro atoms. The third kappa shape index (κ3) is 3.91. The first-order valence-electron chi connectivity index (χ1n) is 8.16. The smallest absolute Gasteiger partial charge is 0.191 e. The Morgan fingerprint density at radius 2 is 2.18 bits per heavy atom. The van der Waals surface area contributed by atoms with E-state index in [1.165, 1.54) is 18.4 Å². The fourth-order valence-electron chi connectivity index (χ4n) is 3.02. The summed E-state index contributed by atoms with van der Waals surface area (Å²) in [5, 5.41) is 6.69. The molecule has 0 saturated carbocycles. The zero-order valence-corrected chi connectivity index (χ0v) is 13.2. The van der Waals surface area contributed by atoms with Crippen LogP contribution in [0, 0.1) is 0 Å². The minimum atomic E-state index is 0.175. The maximum absolute atomic E-state index is 5.92. The van der Waals surface area contributed by atoms with Crippen LogP contribution in [0.25, 0.3) is 0 Å². The van der Waals surface area contributed by atoms with Gasteiger partial charge in [0.05, 0.1) is 12.6 Å². The van der Waals surface area contributed by atoms with Crippen LogP contribution in [0.3, 0.4) is 0 Å². The van der Waals surface area contributed by atoms with Crippen LogP contribution in [0.4, 0.5) is 0 Å². The van der Waals surface area contributed by atoms with Gasteiger partial charge in [-0.15, -0.1) is 0 Å². The van der Waals surface area contributed by atoms with E-state index in [1.807, 2.05) is 12.1 Å². The summed E-state index contributed by atoms with van der Waals surface area (Å²) in [4.78, 5) is 4.26. The van der Waals surface area contributed by atoms with Crippen LogP contribution >= 0.6 is 0 Å². The van der Waals surface area contributed by atoms with E-state index in [2.05, 4.69) is 27.8 Å².